The second kappa shape index (κ2) is 10.1. The van der Waals surface area contributed by atoms with Gasteiger partial charge in [-0.2, -0.15) is 5.10 Å². The fourth-order valence-electron chi connectivity index (χ4n) is 3.03. The van der Waals surface area contributed by atoms with E-state index < -0.39 is 0 Å². The Morgan fingerprint density at radius 3 is 2.44 bits per heavy atom. The van der Waals surface area contributed by atoms with Gasteiger partial charge in [0.15, 0.2) is 5.82 Å². The molecule has 0 spiro atoms. The third-order valence-electron chi connectivity index (χ3n) is 4.62. The van der Waals surface area contributed by atoms with E-state index in [2.05, 4.69) is 10.4 Å². The van der Waals surface area contributed by atoms with E-state index in [1.165, 1.54) is 0 Å². The Morgan fingerprint density at radius 2 is 1.69 bits per heavy atom. The largest absolute Gasteiger partial charge is 0.487 e. The van der Waals surface area contributed by atoms with Crippen LogP contribution >= 0.6 is 34.8 Å². The van der Waals surface area contributed by atoms with E-state index in [9.17, 15) is 4.79 Å². The molecule has 0 aliphatic heterocycles. The number of nitrogens with one attached hydrogen (secondary N) is 1. The first-order chi connectivity index (χ1) is 15.5. The molecule has 0 saturated heterocycles. The second-order valence-corrected chi connectivity index (χ2v) is 8.32. The van der Waals surface area contributed by atoms with E-state index >= 15 is 0 Å². The lowest BCUT2D eigenvalue weighted by atomic mass is 10.1. The summed E-state index contributed by atoms with van der Waals surface area (Å²) in [6.45, 7) is 0.875. The minimum Gasteiger partial charge on any atom is -0.487 e. The fourth-order valence-corrected chi connectivity index (χ4v) is 3.71. The van der Waals surface area contributed by atoms with Gasteiger partial charge >= 0.3 is 0 Å². The molecule has 3 aromatic carbocycles. The smallest absolute Gasteiger partial charge is 0.256 e. The second-order valence-electron chi connectivity index (χ2n) is 7.04. The van der Waals surface area contributed by atoms with Gasteiger partial charge < -0.3 is 10.1 Å². The Kier molecular flexibility index (Phi) is 7.00. The van der Waals surface area contributed by atoms with Crippen molar-refractivity contribution in [2.24, 2.45) is 0 Å². The van der Waals surface area contributed by atoms with Crippen LogP contribution in [0.1, 0.15) is 21.5 Å². The number of halogens is 3. The zero-order valence-corrected chi connectivity index (χ0v) is 19.0. The van der Waals surface area contributed by atoms with Gasteiger partial charge in [0.2, 0.25) is 0 Å². The van der Waals surface area contributed by atoms with Gasteiger partial charge in [0.25, 0.3) is 5.91 Å². The fraction of sp³-hybridized carbons (Fsp3) is 0.0833. The SMILES string of the molecule is O=C(Nc1ccn(Cc2cccc(Cl)c2)n1)c1ccc(COc2ccc(Cl)cc2Cl)cc1. The topological polar surface area (TPSA) is 56.2 Å². The van der Waals surface area contributed by atoms with Crippen molar-refractivity contribution in [2.75, 3.05) is 5.32 Å². The zero-order valence-electron chi connectivity index (χ0n) is 16.8. The monoisotopic (exact) mass is 485 g/mol. The molecule has 1 N–H and O–H groups in total. The predicted molar refractivity (Wildman–Crippen MR) is 128 cm³/mol. The van der Waals surface area contributed by atoms with Gasteiger partial charge in [-0.25, -0.2) is 0 Å². The molecule has 0 unspecified atom stereocenters. The standard InChI is InChI=1S/C24H18Cl3N3O2/c25-19-3-1-2-17(12-19)14-30-11-10-23(29-30)28-24(31)18-6-4-16(5-7-18)15-32-22-9-8-20(26)13-21(22)27/h1-13H,14-15H2,(H,28,29,31). The maximum absolute atomic E-state index is 12.6. The molecule has 0 bridgehead atoms. The highest BCUT2D eigenvalue weighted by Crippen LogP contribution is 2.28. The van der Waals surface area contributed by atoms with Gasteiger partial charge in [-0.05, 0) is 53.6 Å². The van der Waals surface area contributed by atoms with E-state index in [4.69, 9.17) is 39.5 Å². The molecular weight excluding hydrogens is 469 g/mol. The quantitative estimate of drug-likeness (QED) is 0.315. The molecule has 5 nitrogen and oxygen atoms in total. The molecule has 0 aliphatic rings. The highest BCUT2D eigenvalue weighted by atomic mass is 35.5. The number of amides is 1. The molecule has 4 rings (SSSR count). The van der Waals surface area contributed by atoms with Gasteiger partial charge in [0.05, 0.1) is 11.6 Å². The first kappa shape index (κ1) is 22.2. The number of nitrogens with zero attached hydrogens (tertiary/aromatic N) is 2. The molecule has 162 valence electrons. The average Bonchev–Trinajstić information content (AvgIpc) is 3.20. The van der Waals surface area contributed by atoms with Crippen LogP contribution in [-0.4, -0.2) is 15.7 Å². The maximum Gasteiger partial charge on any atom is 0.256 e. The molecule has 0 fully saturated rings. The molecule has 0 saturated carbocycles. The molecular formula is C24H18Cl3N3O2. The number of anilines is 1. The summed E-state index contributed by atoms with van der Waals surface area (Å²) in [6.07, 6.45) is 1.80. The number of hydrogen-bond acceptors (Lipinski definition) is 3. The lowest BCUT2D eigenvalue weighted by Gasteiger charge is -2.09. The van der Waals surface area contributed by atoms with Crippen LogP contribution in [0.4, 0.5) is 5.82 Å². The van der Waals surface area contributed by atoms with E-state index in [-0.39, 0.29) is 5.91 Å². The van der Waals surface area contributed by atoms with E-state index in [0.29, 0.717) is 45.4 Å². The highest BCUT2D eigenvalue weighted by molar-refractivity contribution is 6.35. The molecule has 1 amide bonds. The average molecular weight is 487 g/mol. The lowest BCUT2D eigenvalue weighted by molar-refractivity contribution is 0.102. The first-order valence-electron chi connectivity index (χ1n) is 9.72. The summed E-state index contributed by atoms with van der Waals surface area (Å²) in [5, 5.41) is 8.87. The summed E-state index contributed by atoms with van der Waals surface area (Å²) in [4.78, 5) is 12.6. The van der Waals surface area contributed by atoms with Gasteiger partial charge in [0.1, 0.15) is 12.4 Å². The minimum atomic E-state index is -0.244. The Bertz CT molecular complexity index is 1240. The van der Waals surface area contributed by atoms with E-state index in [1.807, 2.05) is 36.4 Å². The normalized spacial score (nSPS) is 10.7. The maximum atomic E-state index is 12.6. The van der Waals surface area contributed by atoms with Crippen LogP contribution in [0.2, 0.25) is 15.1 Å². The number of carbonyl (C=O) groups excluding carboxylic acids is 1. The number of rotatable bonds is 7. The van der Waals surface area contributed by atoms with E-state index in [0.717, 1.165) is 11.1 Å². The summed E-state index contributed by atoms with van der Waals surface area (Å²) in [6, 6.07) is 21.5. The Labute approximate surface area is 200 Å². The Balaban J connectivity index is 1.33. The lowest BCUT2D eigenvalue weighted by Crippen LogP contribution is -2.13. The molecule has 8 heteroatoms. The van der Waals surface area contributed by atoms with E-state index in [1.54, 1.807) is 47.3 Å². The van der Waals surface area contributed by atoms with Crippen LogP contribution in [0.15, 0.2) is 79.0 Å². The van der Waals surface area contributed by atoms with Crippen molar-refractivity contribution >= 4 is 46.5 Å². The molecule has 32 heavy (non-hydrogen) atoms. The third-order valence-corrected chi connectivity index (χ3v) is 5.39. The van der Waals surface area contributed by atoms with Gasteiger partial charge in [-0.1, -0.05) is 59.1 Å². The zero-order chi connectivity index (χ0) is 22.5. The Morgan fingerprint density at radius 1 is 0.906 bits per heavy atom. The predicted octanol–water partition coefficient (Wildman–Crippen LogP) is 6.72. The summed E-state index contributed by atoms with van der Waals surface area (Å²) >= 11 is 18.0. The highest BCUT2D eigenvalue weighted by Gasteiger charge is 2.09. The summed E-state index contributed by atoms with van der Waals surface area (Å²) in [7, 11) is 0. The van der Waals surface area contributed by atoms with Crippen molar-refractivity contribution in [1.29, 1.82) is 0 Å². The number of aromatic nitrogens is 2. The number of ether oxygens (including phenoxy) is 1. The van der Waals surface area contributed by atoms with Crippen LogP contribution in [0.25, 0.3) is 0 Å². The van der Waals surface area contributed by atoms with Gasteiger partial charge in [-0.15, -0.1) is 0 Å². The van der Waals surface area contributed by atoms with Crippen LogP contribution in [0, 0.1) is 0 Å². The number of hydrogen-bond donors (Lipinski definition) is 1. The van der Waals surface area contributed by atoms with Crippen molar-refractivity contribution in [1.82, 2.24) is 9.78 Å². The first-order valence-corrected chi connectivity index (χ1v) is 10.9. The van der Waals surface area contributed by atoms with Gasteiger partial charge in [0, 0.05) is 27.9 Å². The molecule has 0 radical (unpaired) electrons. The number of benzene rings is 3. The van der Waals surface area contributed by atoms with Crippen molar-refractivity contribution in [2.45, 2.75) is 13.2 Å². The van der Waals surface area contributed by atoms with Crippen LogP contribution < -0.4 is 10.1 Å². The molecule has 0 atom stereocenters. The number of carbonyl (C=O) groups is 1. The summed E-state index contributed by atoms with van der Waals surface area (Å²) < 4.78 is 7.46. The van der Waals surface area contributed by atoms with Crippen molar-refractivity contribution in [3.63, 3.8) is 0 Å². The van der Waals surface area contributed by atoms with Crippen molar-refractivity contribution in [3.05, 3.63) is 111 Å². The molecule has 1 heterocycles. The third kappa shape index (κ3) is 5.82. The van der Waals surface area contributed by atoms with Crippen molar-refractivity contribution < 1.29 is 9.53 Å². The van der Waals surface area contributed by atoms with Crippen LogP contribution in [0.3, 0.4) is 0 Å². The molecule has 4 aromatic rings. The molecule has 0 aliphatic carbocycles. The van der Waals surface area contributed by atoms with Crippen LogP contribution in [0.5, 0.6) is 5.75 Å². The summed E-state index contributed by atoms with van der Waals surface area (Å²) in [5.41, 5.74) is 2.44. The van der Waals surface area contributed by atoms with Crippen LogP contribution in [-0.2, 0) is 13.2 Å². The Hall–Kier alpha value is -2.99. The van der Waals surface area contributed by atoms with Crippen molar-refractivity contribution in [3.8, 4) is 5.75 Å². The minimum absolute atomic E-state index is 0.244. The summed E-state index contributed by atoms with van der Waals surface area (Å²) in [5.74, 6) is 0.777. The molecule has 1 aromatic heterocycles. The van der Waals surface area contributed by atoms with Gasteiger partial charge in [-0.3, -0.25) is 9.48 Å².